The Morgan fingerprint density at radius 3 is 2.65 bits per heavy atom. The lowest BCUT2D eigenvalue weighted by atomic mass is 10.1. The summed E-state index contributed by atoms with van der Waals surface area (Å²) in [6, 6.07) is 4.38. The van der Waals surface area contributed by atoms with Gasteiger partial charge in [-0.1, -0.05) is 0 Å². The molecule has 0 fully saturated rings. The highest BCUT2D eigenvalue weighted by Crippen LogP contribution is 2.36. The summed E-state index contributed by atoms with van der Waals surface area (Å²) in [7, 11) is 3.24. The lowest BCUT2D eigenvalue weighted by Gasteiger charge is -2.08. The van der Waals surface area contributed by atoms with Crippen LogP contribution in [0.15, 0.2) is 22.7 Å². The molecule has 0 aliphatic heterocycles. The van der Waals surface area contributed by atoms with E-state index in [1.165, 1.54) is 23.9 Å². The van der Waals surface area contributed by atoms with E-state index in [1.54, 1.807) is 13.1 Å². The first kappa shape index (κ1) is 11.9. The van der Waals surface area contributed by atoms with Crippen molar-refractivity contribution >= 4 is 21.7 Å². The average molecular weight is 300 g/mol. The molecule has 4 nitrogen and oxygen atoms in total. The lowest BCUT2D eigenvalue weighted by Crippen LogP contribution is -1.97. The van der Waals surface area contributed by atoms with Gasteiger partial charge in [0.05, 0.1) is 17.3 Å². The zero-order chi connectivity index (χ0) is 12.6. The minimum Gasteiger partial charge on any atom is -0.495 e. The predicted molar refractivity (Wildman–Crippen MR) is 67.3 cm³/mol. The topological polar surface area (TPSA) is 53.1 Å². The molecule has 6 heteroatoms. The van der Waals surface area contributed by atoms with E-state index >= 15 is 0 Å². The first-order valence-electron chi connectivity index (χ1n) is 4.86. The van der Waals surface area contributed by atoms with E-state index in [9.17, 15) is 4.39 Å². The third kappa shape index (κ3) is 2.12. The van der Waals surface area contributed by atoms with Gasteiger partial charge in [-0.05, 0) is 28.1 Å². The standard InChI is InChI=1S/C11H11BrFN3O/c1-16-10(14)5-9(15-16)7-3-6(13)4-8(12)11(7)17-2/h3-5H,14H2,1-2H3. The molecule has 0 amide bonds. The van der Waals surface area contributed by atoms with Crippen molar-refractivity contribution in [3.05, 3.63) is 28.5 Å². The first-order chi connectivity index (χ1) is 8.02. The number of hydrogen-bond acceptors (Lipinski definition) is 3. The van der Waals surface area contributed by atoms with Crippen molar-refractivity contribution in [2.75, 3.05) is 12.8 Å². The minimum atomic E-state index is -0.364. The Morgan fingerprint density at radius 2 is 2.12 bits per heavy atom. The molecule has 0 unspecified atom stereocenters. The normalized spacial score (nSPS) is 10.6. The zero-order valence-electron chi connectivity index (χ0n) is 9.37. The summed E-state index contributed by atoms with van der Waals surface area (Å²) >= 11 is 3.25. The van der Waals surface area contributed by atoms with Crippen molar-refractivity contribution in [1.82, 2.24) is 9.78 Å². The molecule has 2 rings (SSSR count). The van der Waals surface area contributed by atoms with E-state index in [0.29, 0.717) is 27.3 Å². The van der Waals surface area contributed by atoms with Gasteiger partial charge in [-0.3, -0.25) is 4.68 Å². The molecule has 0 radical (unpaired) electrons. The van der Waals surface area contributed by atoms with Crippen LogP contribution in [0.5, 0.6) is 5.75 Å². The second kappa shape index (κ2) is 4.37. The maximum Gasteiger partial charge on any atom is 0.142 e. The molecular weight excluding hydrogens is 289 g/mol. The van der Waals surface area contributed by atoms with Gasteiger partial charge in [0.25, 0.3) is 0 Å². The molecule has 1 heterocycles. The van der Waals surface area contributed by atoms with Gasteiger partial charge in [0.2, 0.25) is 0 Å². The molecular formula is C11H11BrFN3O. The Hall–Kier alpha value is -1.56. The number of halogens is 2. The van der Waals surface area contributed by atoms with Crippen LogP contribution in [0.25, 0.3) is 11.3 Å². The first-order valence-corrected chi connectivity index (χ1v) is 5.65. The maximum atomic E-state index is 13.4. The second-order valence-corrected chi connectivity index (χ2v) is 4.40. The number of benzene rings is 1. The molecule has 2 aromatic rings. The van der Waals surface area contributed by atoms with Crippen LogP contribution in [0.1, 0.15) is 0 Å². The van der Waals surface area contributed by atoms with Crippen molar-refractivity contribution in [3.8, 4) is 17.0 Å². The highest BCUT2D eigenvalue weighted by Gasteiger charge is 2.15. The van der Waals surface area contributed by atoms with Crippen LogP contribution in [0.3, 0.4) is 0 Å². The largest absolute Gasteiger partial charge is 0.495 e. The fourth-order valence-electron chi connectivity index (χ4n) is 1.57. The number of methoxy groups -OCH3 is 1. The summed E-state index contributed by atoms with van der Waals surface area (Å²) in [6.07, 6.45) is 0. The molecule has 90 valence electrons. The Kier molecular flexibility index (Phi) is 3.06. The Balaban J connectivity index is 2.65. The molecule has 0 saturated heterocycles. The van der Waals surface area contributed by atoms with E-state index < -0.39 is 0 Å². The van der Waals surface area contributed by atoms with Crippen LogP contribution in [-0.2, 0) is 7.05 Å². The Labute approximate surface area is 106 Å². The van der Waals surface area contributed by atoms with Gasteiger partial charge in [0.15, 0.2) is 0 Å². The fourth-order valence-corrected chi connectivity index (χ4v) is 2.17. The second-order valence-electron chi connectivity index (χ2n) is 3.55. The smallest absolute Gasteiger partial charge is 0.142 e. The number of rotatable bonds is 2. The average Bonchev–Trinajstić information content (AvgIpc) is 2.58. The zero-order valence-corrected chi connectivity index (χ0v) is 11.0. The maximum absolute atomic E-state index is 13.4. The summed E-state index contributed by atoms with van der Waals surface area (Å²) in [4.78, 5) is 0. The SMILES string of the molecule is COc1c(Br)cc(F)cc1-c1cc(N)n(C)n1. The van der Waals surface area contributed by atoms with Crippen molar-refractivity contribution in [2.24, 2.45) is 7.05 Å². The van der Waals surface area contributed by atoms with Crippen LogP contribution in [0, 0.1) is 5.82 Å². The lowest BCUT2D eigenvalue weighted by molar-refractivity contribution is 0.412. The van der Waals surface area contributed by atoms with E-state index in [2.05, 4.69) is 21.0 Å². The van der Waals surface area contributed by atoms with Crippen molar-refractivity contribution in [1.29, 1.82) is 0 Å². The van der Waals surface area contributed by atoms with Crippen molar-refractivity contribution in [3.63, 3.8) is 0 Å². The number of nitrogens with two attached hydrogens (primary N) is 1. The summed E-state index contributed by atoms with van der Waals surface area (Å²) < 4.78 is 20.7. The van der Waals surface area contributed by atoms with Gasteiger partial charge in [0.1, 0.15) is 17.4 Å². The van der Waals surface area contributed by atoms with Crippen LogP contribution in [-0.4, -0.2) is 16.9 Å². The molecule has 0 aliphatic carbocycles. The summed E-state index contributed by atoms with van der Waals surface area (Å²) in [5.41, 5.74) is 6.83. The number of ether oxygens (including phenoxy) is 1. The minimum absolute atomic E-state index is 0.364. The molecule has 0 bridgehead atoms. The van der Waals surface area contributed by atoms with E-state index in [1.807, 2.05) is 0 Å². The highest BCUT2D eigenvalue weighted by molar-refractivity contribution is 9.10. The van der Waals surface area contributed by atoms with Crippen LogP contribution in [0.4, 0.5) is 10.2 Å². The predicted octanol–water partition coefficient (Wildman–Crippen LogP) is 2.58. The number of aryl methyl sites for hydroxylation is 1. The number of nitrogen functional groups attached to an aromatic ring is 1. The molecule has 1 aromatic carbocycles. The molecule has 0 saturated carbocycles. The van der Waals surface area contributed by atoms with Gasteiger partial charge >= 0.3 is 0 Å². The molecule has 2 N–H and O–H groups in total. The summed E-state index contributed by atoms with van der Waals surface area (Å²) in [5, 5.41) is 4.20. The molecule has 0 atom stereocenters. The molecule has 0 aliphatic rings. The summed E-state index contributed by atoms with van der Waals surface area (Å²) in [6.45, 7) is 0. The number of aromatic nitrogens is 2. The quantitative estimate of drug-likeness (QED) is 0.927. The summed E-state index contributed by atoms with van der Waals surface area (Å²) in [5.74, 6) is 0.670. The van der Waals surface area contributed by atoms with Gasteiger partial charge in [0, 0.05) is 18.7 Å². The molecule has 1 aromatic heterocycles. The third-order valence-electron chi connectivity index (χ3n) is 2.40. The number of anilines is 1. The molecule has 17 heavy (non-hydrogen) atoms. The van der Waals surface area contributed by atoms with Crippen molar-refractivity contribution in [2.45, 2.75) is 0 Å². The fraction of sp³-hybridized carbons (Fsp3) is 0.182. The highest BCUT2D eigenvalue weighted by atomic mass is 79.9. The van der Waals surface area contributed by atoms with Crippen LogP contribution >= 0.6 is 15.9 Å². The van der Waals surface area contributed by atoms with Crippen LogP contribution < -0.4 is 10.5 Å². The Bertz CT molecular complexity index is 549. The molecule has 0 spiro atoms. The van der Waals surface area contributed by atoms with Gasteiger partial charge in [-0.15, -0.1) is 0 Å². The van der Waals surface area contributed by atoms with Gasteiger partial charge < -0.3 is 10.5 Å². The third-order valence-corrected chi connectivity index (χ3v) is 2.99. The number of hydrogen-bond donors (Lipinski definition) is 1. The van der Waals surface area contributed by atoms with Gasteiger partial charge in [-0.25, -0.2) is 4.39 Å². The van der Waals surface area contributed by atoms with E-state index in [4.69, 9.17) is 10.5 Å². The van der Waals surface area contributed by atoms with E-state index in [-0.39, 0.29) is 5.82 Å². The number of nitrogens with zero attached hydrogens (tertiary/aromatic N) is 2. The monoisotopic (exact) mass is 299 g/mol. The van der Waals surface area contributed by atoms with Crippen LogP contribution in [0.2, 0.25) is 0 Å². The van der Waals surface area contributed by atoms with Crippen molar-refractivity contribution < 1.29 is 9.13 Å². The van der Waals surface area contributed by atoms with Gasteiger partial charge in [-0.2, -0.15) is 5.10 Å². The van der Waals surface area contributed by atoms with E-state index in [0.717, 1.165) is 0 Å². The Morgan fingerprint density at radius 1 is 1.41 bits per heavy atom.